The van der Waals surface area contributed by atoms with Crippen molar-refractivity contribution in [2.75, 3.05) is 0 Å². The van der Waals surface area contributed by atoms with Crippen LogP contribution in [0.1, 0.15) is 77.6 Å². The molecule has 0 aliphatic heterocycles. The average molecular weight is 350 g/mol. The van der Waals surface area contributed by atoms with Crippen molar-refractivity contribution in [2.45, 2.75) is 77.6 Å². The van der Waals surface area contributed by atoms with Crippen LogP contribution in [0, 0.1) is 17.8 Å². The molecule has 2 N–H and O–H groups in total. The van der Waals surface area contributed by atoms with E-state index in [4.69, 9.17) is 5.11 Å². The minimum Gasteiger partial charge on any atom is -0.481 e. The van der Waals surface area contributed by atoms with Crippen molar-refractivity contribution in [3.05, 3.63) is 24.3 Å². The number of unbranched alkanes of at least 4 members (excludes halogenated alkanes) is 6. The molecule has 0 bridgehead atoms. The van der Waals surface area contributed by atoms with E-state index in [1.165, 1.54) is 0 Å². The Kier molecular flexibility index (Phi) is 10.9. The van der Waals surface area contributed by atoms with Crippen molar-refractivity contribution in [1.29, 1.82) is 0 Å². The molecule has 1 aliphatic rings. The Morgan fingerprint density at radius 1 is 1.04 bits per heavy atom. The molecule has 0 aromatic rings. The lowest BCUT2D eigenvalue weighted by molar-refractivity contribution is -0.143. The van der Waals surface area contributed by atoms with Crippen LogP contribution in [0.15, 0.2) is 24.3 Å². The molecule has 1 aliphatic carbocycles. The van der Waals surface area contributed by atoms with Gasteiger partial charge in [0, 0.05) is 12.3 Å². The van der Waals surface area contributed by atoms with Gasteiger partial charge >= 0.3 is 11.9 Å². The minimum atomic E-state index is -0.717. The highest BCUT2D eigenvalue weighted by molar-refractivity contribution is 5.71. The second-order valence-electron chi connectivity index (χ2n) is 7.17. The van der Waals surface area contributed by atoms with Crippen molar-refractivity contribution >= 4 is 11.9 Å². The Labute approximate surface area is 152 Å². The molecule has 0 heterocycles. The van der Waals surface area contributed by atoms with Crippen LogP contribution in [0.2, 0.25) is 0 Å². The summed E-state index contributed by atoms with van der Waals surface area (Å²) in [6, 6.07) is 0. The number of carboxylic acid groups (broad SMARTS) is 2. The van der Waals surface area contributed by atoms with E-state index in [-0.39, 0.29) is 18.3 Å². The highest BCUT2D eigenvalue weighted by Crippen LogP contribution is 2.32. The van der Waals surface area contributed by atoms with Gasteiger partial charge in [-0.3, -0.25) is 9.59 Å². The molecule has 0 saturated carbocycles. The Balaban J connectivity index is 2.31. The van der Waals surface area contributed by atoms with E-state index >= 15 is 0 Å². The monoisotopic (exact) mass is 350 g/mol. The summed E-state index contributed by atoms with van der Waals surface area (Å²) in [4.78, 5) is 22.0. The second-order valence-corrected chi connectivity index (χ2v) is 7.17. The van der Waals surface area contributed by atoms with Gasteiger partial charge in [0.15, 0.2) is 0 Å². The summed E-state index contributed by atoms with van der Waals surface area (Å²) in [6.45, 7) is 2.16. The molecule has 4 nitrogen and oxygen atoms in total. The van der Waals surface area contributed by atoms with E-state index in [0.29, 0.717) is 5.92 Å². The zero-order valence-corrected chi connectivity index (χ0v) is 15.5. The normalized spacial score (nSPS) is 23.2. The summed E-state index contributed by atoms with van der Waals surface area (Å²) in [5.41, 5.74) is 0. The number of aliphatic carboxylic acids is 2. The maximum atomic E-state index is 11.6. The molecule has 1 rings (SSSR count). The Morgan fingerprint density at radius 3 is 2.44 bits per heavy atom. The number of carboxylic acids is 2. The summed E-state index contributed by atoms with van der Waals surface area (Å²) in [6.07, 6.45) is 18.8. The van der Waals surface area contributed by atoms with Crippen molar-refractivity contribution < 1.29 is 19.8 Å². The fraction of sp³-hybridized carbons (Fsp3) is 0.714. The second kappa shape index (κ2) is 12.7. The number of carbonyl (C=O) groups is 2. The van der Waals surface area contributed by atoms with Gasteiger partial charge in [0.05, 0.1) is 5.92 Å². The van der Waals surface area contributed by atoms with E-state index in [0.717, 1.165) is 64.2 Å². The molecule has 0 aromatic carbocycles. The first-order valence-electron chi connectivity index (χ1n) is 9.84. The van der Waals surface area contributed by atoms with Gasteiger partial charge in [0.2, 0.25) is 0 Å². The standard InChI is InChI=1S/C21H34O4/c1-2-3-4-9-12-18-15-14-17(16-19(18)21(24)25)11-8-6-5-7-10-13-20(22)23/h9,12,14-15,17-19H,2-8,10-11,13,16H2,1H3,(H,22,23)(H,24,25)/b12-9+. The van der Waals surface area contributed by atoms with Gasteiger partial charge in [0.25, 0.3) is 0 Å². The molecule has 0 aromatic heterocycles. The zero-order valence-electron chi connectivity index (χ0n) is 15.5. The molecule has 3 unspecified atom stereocenters. The molecular weight excluding hydrogens is 316 g/mol. The molecule has 4 heteroatoms. The fourth-order valence-corrected chi connectivity index (χ4v) is 3.45. The van der Waals surface area contributed by atoms with Gasteiger partial charge in [-0.15, -0.1) is 0 Å². The van der Waals surface area contributed by atoms with Crippen LogP contribution in [0.3, 0.4) is 0 Å². The Morgan fingerprint density at radius 2 is 1.76 bits per heavy atom. The lowest BCUT2D eigenvalue weighted by atomic mass is 9.77. The highest BCUT2D eigenvalue weighted by Gasteiger charge is 2.30. The number of allylic oxidation sites excluding steroid dienone is 4. The maximum Gasteiger partial charge on any atom is 0.307 e. The van der Waals surface area contributed by atoms with Crippen molar-refractivity contribution in [3.8, 4) is 0 Å². The topological polar surface area (TPSA) is 74.6 Å². The fourth-order valence-electron chi connectivity index (χ4n) is 3.45. The lowest BCUT2D eigenvalue weighted by Crippen LogP contribution is -2.26. The first-order chi connectivity index (χ1) is 12.0. The zero-order chi connectivity index (χ0) is 18.5. The van der Waals surface area contributed by atoms with Crippen molar-refractivity contribution in [1.82, 2.24) is 0 Å². The Bertz CT molecular complexity index is 453. The molecule has 142 valence electrons. The summed E-state index contributed by atoms with van der Waals surface area (Å²) >= 11 is 0. The predicted octanol–water partition coefficient (Wildman–Crippen LogP) is 5.44. The molecule has 0 spiro atoms. The largest absolute Gasteiger partial charge is 0.481 e. The van der Waals surface area contributed by atoms with E-state index in [9.17, 15) is 14.7 Å². The third kappa shape index (κ3) is 9.47. The summed E-state index contributed by atoms with van der Waals surface area (Å²) in [7, 11) is 0. The lowest BCUT2D eigenvalue weighted by Gasteiger charge is -2.27. The predicted molar refractivity (Wildman–Crippen MR) is 100 cm³/mol. The Hall–Kier alpha value is -1.58. The molecule has 3 atom stereocenters. The molecular formula is C21H34O4. The molecule has 0 fully saturated rings. The SMILES string of the molecule is CCCC/C=C/C1C=CC(CCCCCCCC(=O)O)CC1C(=O)O. The van der Waals surface area contributed by atoms with E-state index in [2.05, 4.69) is 31.2 Å². The third-order valence-electron chi connectivity index (χ3n) is 4.99. The molecule has 0 amide bonds. The number of rotatable bonds is 13. The smallest absolute Gasteiger partial charge is 0.307 e. The van der Waals surface area contributed by atoms with Crippen LogP contribution in [-0.2, 0) is 9.59 Å². The summed E-state index contributed by atoms with van der Waals surface area (Å²) in [5, 5.41) is 18.1. The molecule has 0 radical (unpaired) electrons. The van der Waals surface area contributed by atoms with Crippen LogP contribution in [0.25, 0.3) is 0 Å². The van der Waals surface area contributed by atoms with Crippen LogP contribution >= 0.6 is 0 Å². The maximum absolute atomic E-state index is 11.6. The summed E-state index contributed by atoms with van der Waals surface area (Å²) in [5.74, 6) is -1.32. The van der Waals surface area contributed by atoms with Crippen LogP contribution < -0.4 is 0 Å². The van der Waals surface area contributed by atoms with Crippen molar-refractivity contribution in [2.24, 2.45) is 17.8 Å². The van der Waals surface area contributed by atoms with Gasteiger partial charge in [-0.05, 0) is 31.6 Å². The van der Waals surface area contributed by atoms with Gasteiger partial charge in [-0.25, -0.2) is 0 Å². The number of hydrogen-bond donors (Lipinski definition) is 2. The van der Waals surface area contributed by atoms with E-state index in [1.54, 1.807) is 0 Å². The minimum absolute atomic E-state index is 0.0293. The van der Waals surface area contributed by atoms with Crippen LogP contribution in [0.5, 0.6) is 0 Å². The van der Waals surface area contributed by atoms with Crippen LogP contribution in [0.4, 0.5) is 0 Å². The van der Waals surface area contributed by atoms with Crippen LogP contribution in [-0.4, -0.2) is 22.2 Å². The summed E-state index contributed by atoms with van der Waals surface area (Å²) < 4.78 is 0. The van der Waals surface area contributed by atoms with Crippen molar-refractivity contribution in [3.63, 3.8) is 0 Å². The van der Waals surface area contributed by atoms with E-state index in [1.807, 2.05) is 0 Å². The average Bonchev–Trinajstić information content (AvgIpc) is 2.58. The quantitative estimate of drug-likeness (QED) is 0.342. The van der Waals surface area contributed by atoms with Gasteiger partial charge in [-0.1, -0.05) is 69.8 Å². The third-order valence-corrected chi connectivity index (χ3v) is 4.99. The molecule has 0 saturated heterocycles. The highest BCUT2D eigenvalue weighted by atomic mass is 16.4. The van der Waals surface area contributed by atoms with Gasteiger partial charge in [-0.2, -0.15) is 0 Å². The van der Waals surface area contributed by atoms with Gasteiger partial charge < -0.3 is 10.2 Å². The van der Waals surface area contributed by atoms with Gasteiger partial charge in [0.1, 0.15) is 0 Å². The number of hydrogen-bond acceptors (Lipinski definition) is 2. The first kappa shape index (κ1) is 21.5. The van der Waals surface area contributed by atoms with E-state index < -0.39 is 11.9 Å². The molecule has 25 heavy (non-hydrogen) atoms. The first-order valence-corrected chi connectivity index (χ1v) is 9.84.